The Balaban J connectivity index is 1.52. The van der Waals surface area contributed by atoms with E-state index in [1.54, 1.807) is 15.9 Å². The number of carbonyl (C=O) groups excluding carboxylic acids is 3. The van der Waals surface area contributed by atoms with Crippen molar-refractivity contribution in [2.24, 2.45) is 0 Å². The molecule has 0 unspecified atom stereocenters. The number of piperazine rings is 1. The maximum absolute atomic E-state index is 12.1. The van der Waals surface area contributed by atoms with Crippen molar-refractivity contribution in [3.63, 3.8) is 0 Å². The van der Waals surface area contributed by atoms with E-state index in [4.69, 9.17) is 4.74 Å². The third kappa shape index (κ3) is 3.56. The number of rotatable bonds is 3. The monoisotopic (exact) mass is 346 g/mol. The topological polar surface area (TPSA) is 66.9 Å². The average Bonchev–Trinajstić information content (AvgIpc) is 3.03. The quantitative estimate of drug-likeness (QED) is 0.794. The number of esters is 1. The number of hydrogen-bond acceptors (Lipinski definition) is 5. The largest absolute Gasteiger partial charge is 0.451 e. The van der Waals surface area contributed by atoms with E-state index in [9.17, 15) is 14.4 Å². The molecule has 0 saturated carbocycles. The summed E-state index contributed by atoms with van der Waals surface area (Å²) in [5, 5.41) is 0.987. The molecular formula is C17H18N2O4S. The van der Waals surface area contributed by atoms with Crippen molar-refractivity contribution >= 4 is 39.2 Å². The van der Waals surface area contributed by atoms with Gasteiger partial charge in [-0.05, 0) is 17.5 Å². The summed E-state index contributed by atoms with van der Waals surface area (Å²) in [4.78, 5) is 39.3. The molecule has 1 fully saturated rings. The Kier molecular flexibility index (Phi) is 4.80. The first-order valence-corrected chi connectivity index (χ1v) is 8.55. The van der Waals surface area contributed by atoms with E-state index in [2.05, 4.69) is 0 Å². The van der Waals surface area contributed by atoms with Crippen LogP contribution in [0.5, 0.6) is 0 Å². The molecule has 2 heterocycles. The van der Waals surface area contributed by atoms with Crippen LogP contribution in [0.4, 0.5) is 0 Å². The molecule has 0 aliphatic carbocycles. The molecule has 0 bridgehead atoms. The van der Waals surface area contributed by atoms with E-state index in [1.165, 1.54) is 18.3 Å². The Labute approximate surface area is 143 Å². The number of fused-ring (bicyclic) bond motifs is 1. The molecule has 6 nitrogen and oxygen atoms in total. The lowest BCUT2D eigenvalue weighted by atomic mass is 10.2. The van der Waals surface area contributed by atoms with Crippen LogP contribution in [-0.4, -0.2) is 60.4 Å². The van der Waals surface area contributed by atoms with Crippen molar-refractivity contribution in [3.05, 3.63) is 35.2 Å². The van der Waals surface area contributed by atoms with Crippen LogP contribution < -0.4 is 0 Å². The second kappa shape index (κ2) is 7.00. The summed E-state index contributed by atoms with van der Waals surface area (Å²) in [6.45, 7) is 3.23. The molecule has 1 aromatic carbocycles. The second-order valence-electron chi connectivity index (χ2n) is 5.61. The van der Waals surface area contributed by atoms with Gasteiger partial charge in [0.05, 0.1) is 0 Å². The van der Waals surface area contributed by atoms with Crippen LogP contribution >= 0.6 is 11.3 Å². The first kappa shape index (κ1) is 16.4. The molecule has 126 valence electrons. The van der Waals surface area contributed by atoms with Crippen LogP contribution in [0.3, 0.4) is 0 Å². The Morgan fingerprint density at radius 2 is 1.75 bits per heavy atom. The van der Waals surface area contributed by atoms with Crippen LogP contribution in [0.1, 0.15) is 16.6 Å². The second-order valence-corrected chi connectivity index (χ2v) is 6.70. The van der Waals surface area contributed by atoms with Crippen LogP contribution in [-0.2, 0) is 14.3 Å². The van der Waals surface area contributed by atoms with Crippen molar-refractivity contribution < 1.29 is 19.1 Å². The van der Waals surface area contributed by atoms with Gasteiger partial charge < -0.3 is 14.5 Å². The lowest BCUT2D eigenvalue weighted by Crippen LogP contribution is -2.51. The summed E-state index contributed by atoms with van der Waals surface area (Å²) in [5.74, 6) is -0.696. The molecule has 3 rings (SSSR count). The fraction of sp³-hybridized carbons (Fsp3) is 0.353. The Hall–Kier alpha value is -2.41. The number of carbonyl (C=O) groups is 3. The predicted molar refractivity (Wildman–Crippen MR) is 90.9 cm³/mol. The average molecular weight is 346 g/mol. The predicted octanol–water partition coefficient (Wildman–Crippen LogP) is 1.75. The first-order valence-electron chi connectivity index (χ1n) is 7.73. The van der Waals surface area contributed by atoms with Crippen LogP contribution in [0, 0.1) is 0 Å². The van der Waals surface area contributed by atoms with Gasteiger partial charge in [-0.15, -0.1) is 11.3 Å². The van der Waals surface area contributed by atoms with Gasteiger partial charge >= 0.3 is 5.97 Å². The van der Waals surface area contributed by atoms with E-state index >= 15 is 0 Å². The summed E-state index contributed by atoms with van der Waals surface area (Å²) in [6.07, 6.45) is 0. The molecule has 0 spiro atoms. The Bertz CT molecular complexity index is 745. The molecule has 2 aromatic rings. The summed E-state index contributed by atoms with van der Waals surface area (Å²) < 4.78 is 6.16. The molecule has 1 aromatic heterocycles. The minimum Gasteiger partial charge on any atom is -0.451 e. The molecule has 0 atom stereocenters. The van der Waals surface area contributed by atoms with E-state index in [1.807, 2.05) is 24.3 Å². The number of nitrogens with zero attached hydrogens (tertiary/aromatic N) is 2. The standard InChI is InChI=1S/C17H18N2O4S/c1-12(20)18-6-8-19(9-7-18)16(21)11-23-17(22)15-10-13-4-2-3-5-14(13)24-15/h2-5,10H,6-9,11H2,1H3. The zero-order valence-electron chi connectivity index (χ0n) is 13.4. The maximum Gasteiger partial charge on any atom is 0.348 e. The fourth-order valence-corrected chi connectivity index (χ4v) is 3.60. The lowest BCUT2D eigenvalue weighted by molar-refractivity contribution is -0.140. The summed E-state index contributed by atoms with van der Waals surface area (Å²) in [6, 6.07) is 9.48. The fourth-order valence-electron chi connectivity index (χ4n) is 2.64. The van der Waals surface area contributed by atoms with E-state index in [0.29, 0.717) is 31.1 Å². The van der Waals surface area contributed by atoms with Crippen LogP contribution in [0.15, 0.2) is 30.3 Å². The van der Waals surface area contributed by atoms with Crippen molar-refractivity contribution in [1.29, 1.82) is 0 Å². The van der Waals surface area contributed by atoms with Gasteiger partial charge in [0, 0.05) is 37.8 Å². The third-order valence-corrected chi connectivity index (χ3v) is 5.13. The van der Waals surface area contributed by atoms with Gasteiger partial charge in [0.2, 0.25) is 5.91 Å². The normalized spacial score (nSPS) is 14.7. The summed E-state index contributed by atoms with van der Waals surface area (Å²) in [5.41, 5.74) is 0. The number of hydrogen-bond donors (Lipinski definition) is 0. The highest BCUT2D eigenvalue weighted by molar-refractivity contribution is 7.20. The third-order valence-electron chi connectivity index (χ3n) is 4.03. The lowest BCUT2D eigenvalue weighted by Gasteiger charge is -2.34. The molecular weight excluding hydrogens is 328 g/mol. The zero-order valence-corrected chi connectivity index (χ0v) is 14.2. The molecule has 0 N–H and O–H groups in total. The number of thiophene rings is 1. The SMILES string of the molecule is CC(=O)N1CCN(C(=O)COC(=O)c2cc3ccccc3s2)CC1. The highest BCUT2D eigenvalue weighted by Gasteiger charge is 2.23. The van der Waals surface area contributed by atoms with Gasteiger partial charge in [0.25, 0.3) is 5.91 Å². The van der Waals surface area contributed by atoms with Gasteiger partial charge in [0.1, 0.15) is 4.88 Å². The highest BCUT2D eigenvalue weighted by atomic mass is 32.1. The molecule has 0 radical (unpaired) electrons. The highest BCUT2D eigenvalue weighted by Crippen LogP contribution is 2.25. The molecule has 1 aliphatic rings. The first-order chi connectivity index (χ1) is 11.5. The summed E-state index contributed by atoms with van der Waals surface area (Å²) >= 11 is 1.35. The van der Waals surface area contributed by atoms with Crippen LogP contribution in [0.25, 0.3) is 10.1 Å². The smallest absolute Gasteiger partial charge is 0.348 e. The molecule has 1 saturated heterocycles. The Morgan fingerprint density at radius 3 is 2.42 bits per heavy atom. The molecule has 7 heteroatoms. The number of amides is 2. The van der Waals surface area contributed by atoms with E-state index < -0.39 is 5.97 Å². The Morgan fingerprint density at radius 1 is 1.08 bits per heavy atom. The van der Waals surface area contributed by atoms with Crippen molar-refractivity contribution in [1.82, 2.24) is 9.80 Å². The van der Waals surface area contributed by atoms with Crippen LogP contribution in [0.2, 0.25) is 0 Å². The van der Waals surface area contributed by atoms with Gasteiger partial charge in [0.15, 0.2) is 6.61 Å². The van der Waals surface area contributed by atoms with Gasteiger partial charge in [-0.1, -0.05) is 18.2 Å². The number of benzene rings is 1. The number of ether oxygens (including phenoxy) is 1. The minimum absolute atomic E-state index is 0.0123. The van der Waals surface area contributed by atoms with Gasteiger partial charge in [-0.3, -0.25) is 9.59 Å². The minimum atomic E-state index is -0.480. The van der Waals surface area contributed by atoms with Gasteiger partial charge in [-0.25, -0.2) is 4.79 Å². The molecule has 24 heavy (non-hydrogen) atoms. The molecule has 1 aliphatic heterocycles. The molecule has 2 amide bonds. The van der Waals surface area contributed by atoms with Crippen molar-refractivity contribution in [3.8, 4) is 0 Å². The van der Waals surface area contributed by atoms with E-state index in [0.717, 1.165) is 10.1 Å². The zero-order chi connectivity index (χ0) is 17.1. The van der Waals surface area contributed by atoms with Crippen molar-refractivity contribution in [2.75, 3.05) is 32.8 Å². The van der Waals surface area contributed by atoms with Crippen molar-refractivity contribution in [2.45, 2.75) is 6.92 Å². The van der Waals surface area contributed by atoms with Gasteiger partial charge in [-0.2, -0.15) is 0 Å². The summed E-state index contributed by atoms with van der Waals surface area (Å²) in [7, 11) is 0. The van der Waals surface area contributed by atoms with E-state index in [-0.39, 0.29) is 18.4 Å². The maximum atomic E-state index is 12.1.